The number of nitrogens with zero attached hydrogens (tertiary/aromatic N) is 4. The highest BCUT2D eigenvalue weighted by molar-refractivity contribution is 8.00. The summed E-state index contributed by atoms with van der Waals surface area (Å²) < 4.78 is 0.550. The van der Waals surface area contributed by atoms with Crippen LogP contribution in [0.3, 0.4) is 0 Å². The zero-order chi connectivity index (χ0) is 40.7. The van der Waals surface area contributed by atoms with Gasteiger partial charge in [-0.1, -0.05) is 16.8 Å². The summed E-state index contributed by atoms with van der Waals surface area (Å²) >= 11 is 8.20. The summed E-state index contributed by atoms with van der Waals surface area (Å²) in [5, 5.41) is 56.9. The van der Waals surface area contributed by atoms with E-state index in [1.165, 1.54) is 17.1 Å². The molecular weight excluding hydrogens is 800 g/mol. The van der Waals surface area contributed by atoms with Gasteiger partial charge in [-0.2, -0.15) is 0 Å². The summed E-state index contributed by atoms with van der Waals surface area (Å²) in [4.78, 5) is 97.8. The van der Waals surface area contributed by atoms with Crippen LogP contribution in [0.5, 0.6) is 11.5 Å². The molecule has 22 heteroatoms. The number of carbonyl (C=O) groups excluding carboxylic acids is 5. The molecule has 5 aliphatic rings. The maximum absolute atomic E-state index is 13.5. The fraction of sp³-hybridized carbons (Fsp3) is 0.441. The number of carboxylic acids is 3. The van der Waals surface area contributed by atoms with Gasteiger partial charge >= 0.3 is 11.9 Å². The van der Waals surface area contributed by atoms with E-state index in [-0.39, 0.29) is 39.8 Å². The monoisotopic (exact) mass is 834 g/mol. The number of anilines is 1. The number of amides is 2. The third-order valence-corrected chi connectivity index (χ3v) is 13.2. The van der Waals surface area contributed by atoms with Gasteiger partial charge in [0, 0.05) is 54.3 Å². The number of hydrogen-bond acceptors (Lipinski definition) is 16. The van der Waals surface area contributed by atoms with Crippen molar-refractivity contribution in [1.29, 1.82) is 0 Å². The number of carboxylic acid groups (broad SMARTS) is 3. The molecule has 0 unspecified atom stereocenters. The molecule has 0 spiro atoms. The summed E-state index contributed by atoms with van der Waals surface area (Å²) in [6, 6.07) is 2.21. The van der Waals surface area contributed by atoms with Crippen LogP contribution in [0, 0.1) is 11.3 Å². The zero-order valence-electron chi connectivity index (χ0n) is 29.3. The molecule has 6 heterocycles. The lowest BCUT2D eigenvalue weighted by atomic mass is 9.70. The number of phenolic OH excluding ortho intramolecular Hbond substituents is 2. The number of hydrogen-bond donors (Lipinski definition) is 6. The molecule has 298 valence electrons. The Kier molecular flexibility index (Phi) is 11.3. The quantitative estimate of drug-likeness (QED) is 0.0245. The highest BCUT2D eigenvalue weighted by Crippen LogP contribution is 2.48. The number of aromatic nitrogens is 1. The minimum absolute atomic E-state index is 0.0452. The van der Waals surface area contributed by atoms with Crippen LogP contribution in [0.25, 0.3) is 0 Å². The number of β-lactam (4-membered cyclic amide) rings is 1. The number of halogens is 1. The van der Waals surface area contributed by atoms with Crippen LogP contribution in [0.4, 0.5) is 5.13 Å². The number of nitrogens with one attached hydrogen (secondary N) is 1. The number of rotatable bonds is 16. The Morgan fingerprint density at radius 2 is 1.82 bits per heavy atom. The van der Waals surface area contributed by atoms with Gasteiger partial charge in [0.25, 0.3) is 11.7 Å². The van der Waals surface area contributed by atoms with Crippen LogP contribution in [-0.4, -0.2) is 132 Å². The van der Waals surface area contributed by atoms with Crippen LogP contribution in [0.15, 0.2) is 33.9 Å². The second kappa shape index (κ2) is 15.7. The summed E-state index contributed by atoms with van der Waals surface area (Å²) in [7, 11) is 0. The molecule has 4 saturated heterocycles. The van der Waals surface area contributed by atoms with E-state index in [2.05, 4.69) is 15.5 Å². The third kappa shape index (κ3) is 7.88. The number of Topliss-reactive ketones (excluding diaryl/α,β-unsaturated/α-hetero) is 2. The number of quaternary nitrogens is 1. The molecule has 0 radical (unpaired) electrons. The van der Waals surface area contributed by atoms with E-state index in [4.69, 9.17) is 27.3 Å². The highest BCUT2D eigenvalue weighted by atomic mass is 35.5. The van der Waals surface area contributed by atoms with Crippen molar-refractivity contribution < 1.29 is 68.4 Å². The molecule has 4 fully saturated rings. The summed E-state index contributed by atoms with van der Waals surface area (Å²) in [6.45, 7) is 2.48. The molecule has 3 atom stereocenters. The Balaban J connectivity index is 1.10. The van der Waals surface area contributed by atoms with Crippen molar-refractivity contribution in [2.75, 3.05) is 44.2 Å². The molecule has 1 aromatic heterocycles. The summed E-state index contributed by atoms with van der Waals surface area (Å²) in [6.07, 6.45) is -1.35. The van der Waals surface area contributed by atoms with Gasteiger partial charge in [-0.25, -0.2) is 9.78 Å². The summed E-state index contributed by atoms with van der Waals surface area (Å²) in [5.74, 6) is -9.93. The van der Waals surface area contributed by atoms with Crippen molar-refractivity contribution in [3.63, 3.8) is 0 Å². The molecule has 19 nitrogen and oxygen atoms in total. The molecule has 56 heavy (non-hydrogen) atoms. The Bertz CT molecular complexity index is 2080. The average Bonchev–Trinajstić information content (AvgIpc) is 3.60. The SMILES string of the molecule is Nc1nc(/C(=N/O[C@@H](CC(=O)O)C(=O)O)C(=O)C[C@@H]2C(=O)N3C(C(=O)[O-])=C(C[N+]45CCC(CNC(=O)C(=O)c6ccc(O)c(O)c6Cl)(CC4)CC5)CS[C@H]23)cs1. The van der Waals surface area contributed by atoms with Gasteiger partial charge < -0.3 is 50.7 Å². The van der Waals surface area contributed by atoms with Crippen molar-refractivity contribution in [3.05, 3.63) is 45.1 Å². The molecular formula is C34H35ClN6O13S2. The number of thiazole rings is 1. The number of phenols is 2. The first-order chi connectivity index (χ1) is 26.4. The van der Waals surface area contributed by atoms with Crippen LogP contribution in [0.1, 0.15) is 48.2 Å². The molecule has 7 rings (SSSR count). The molecule has 2 aromatic rings. The van der Waals surface area contributed by atoms with Gasteiger partial charge in [0.15, 0.2) is 28.1 Å². The van der Waals surface area contributed by atoms with E-state index in [0.29, 0.717) is 55.5 Å². The van der Waals surface area contributed by atoms with Gasteiger partial charge in [-0.15, -0.1) is 23.1 Å². The first-order valence-corrected chi connectivity index (χ1v) is 19.4. The molecule has 0 saturated carbocycles. The van der Waals surface area contributed by atoms with E-state index in [0.717, 1.165) is 28.4 Å². The zero-order valence-corrected chi connectivity index (χ0v) is 31.7. The number of carbonyl (C=O) groups is 7. The molecule has 5 aliphatic heterocycles. The lowest BCUT2D eigenvalue weighted by Gasteiger charge is -2.56. The lowest BCUT2D eigenvalue weighted by molar-refractivity contribution is -0.941. The van der Waals surface area contributed by atoms with Gasteiger partial charge in [0.05, 0.1) is 59.6 Å². The second-order valence-corrected chi connectivity index (χ2v) is 16.5. The minimum atomic E-state index is -1.93. The molecule has 0 aliphatic carbocycles. The molecule has 2 amide bonds. The fourth-order valence-electron chi connectivity index (χ4n) is 7.55. The standard InChI is InChI=1S/C34H35ClN6O13S2/c35-23-16(1-2-19(42)27(23)47)26(46)28(48)37-14-34-3-6-41(7-4-34,8-5-34)11-15-12-55-30-17(29(49)40(30)25(15)32(52)53)9-20(43)24(18-13-56-33(36)38-18)39-54-21(31(50)51)10-22(44)45/h1-2,13,17,21,30H,3-12,14H2,(H7-,36,37,38,39,42,43,44,45,46,47,48,50,51,52,53)/t17-,21+,30-,34?,41?/m1/s1. The van der Waals surface area contributed by atoms with Crippen molar-refractivity contribution in [2.45, 2.75) is 43.6 Å². The fourth-order valence-corrected chi connectivity index (χ4v) is 9.74. The lowest BCUT2D eigenvalue weighted by Crippen LogP contribution is -2.66. The Labute approximate surface area is 330 Å². The molecule has 7 N–H and O–H groups in total. The van der Waals surface area contributed by atoms with Crippen LogP contribution < -0.4 is 16.2 Å². The van der Waals surface area contributed by atoms with Crippen molar-refractivity contribution >= 4 is 86.8 Å². The van der Waals surface area contributed by atoms with Gasteiger partial charge in [0.1, 0.15) is 12.2 Å². The third-order valence-electron chi connectivity index (χ3n) is 10.7. The maximum atomic E-state index is 13.5. The van der Waals surface area contributed by atoms with Crippen molar-refractivity contribution in [3.8, 4) is 11.5 Å². The number of oxime groups is 1. The number of thioether (sulfide) groups is 1. The summed E-state index contributed by atoms with van der Waals surface area (Å²) in [5.41, 5.74) is 4.86. The van der Waals surface area contributed by atoms with Crippen molar-refractivity contribution in [1.82, 2.24) is 15.2 Å². The van der Waals surface area contributed by atoms with E-state index in [1.807, 2.05) is 0 Å². The molecule has 2 bridgehead atoms. The number of ketones is 2. The average molecular weight is 835 g/mol. The van der Waals surface area contributed by atoms with Crippen LogP contribution >= 0.6 is 34.7 Å². The number of aromatic hydroxyl groups is 2. The van der Waals surface area contributed by atoms with E-state index < -0.39 is 93.8 Å². The first-order valence-electron chi connectivity index (χ1n) is 17.1. The van der Waals surface area contributed by atoms with Crippen LogP contribution in [-0.2, 0) is 33.6 Å². The second-order valence-electron chi connectivity index (χ2n) is 14.2. The number of benzene rings is 1. The topological polar surface area (TPSA) is 299 Å². The number of aliphatic carboxylic acids is 3. The molecule has 1 aromatic carbocycles. The number of nitrogens with two attached hydrogens (primary N) is 1. The first kappa shape index (κ1) is 40.4. The largest absolute Gasteiger partial charge is 0.543 e. The van der Waals surface area contributed by atoms with Crippen LogP contribution in [0.2, 0.25) is 5.02 Å². The Morgan fingerprint density at radius 3 is 2.41 bits per heavy atom. The number of fused-ring (bicyclic) bond motifs is 4. The van der Waals surface area contributed by atoms with Gasteiger partial charge in [-0.3, -0.25) is 28.9 Å². The Morgan fingerprint density at radius 1 is 1.14 bits per heavy atom. The highest BCUT2D eigenvalue weighted by Gasteiger charge is 2.55. The number of piperidine rings is 3. The Hall–Kier alpha value is -5.25. The van der Waals surface area contributed by atoms with Crippen molar-refractivity contribution in [2.24, 2.45) is 16.5 Å². The minimum Gasteiger partial charge on any atom is -0.543 e. The van der Waals surface area contributed by atoms with Gasteiger partial charge in [-0.05, 0) is 12.1 Å². The van der Waals surface area contributed by atoms with E-state index in [1.54, 1.807) is 0 Å². The van der Waals surface area contributed by atoms with E-state index >= 15 is 0 Å². The smallest absolute Gasteiger partial charge is 0.348 e. The van der Waals surface area contributed by atoms with E-state index in [9.17, 15) is 54.0 Å². The predicted molar refractivity (Wildman–Crippen MR) is 194 cm³/mol. The van der Waals surface area contributed by atoms with Gasteiger partial charge in [0.2, 0.25) is 12.0 Å². The normalized spacial score (nSPS) is 24.8. The number of nitrogen functional groups attached to an aromatic ring is 1. The maximum Gasteiger partial charge on any atom is 0.348 e. The predicted octanol–water partition coefficient (Wildman–Crippen LogP) is -0.0672.